The smallest absolute Gasteiger partial charge is 0.323 e. The van der Waals surface area contributed by atoms with Gasteiger partial charge in [0, 0.05) is 17.3 Å². The van der Waals surface area contributed by atoms with Gasteiger partial charge in [0.15, 0.2) is 0 Å². The summed E-state index contributed by atoms with van der Waals surface area (Å²) in [4.78, 5) is 24.2. The van der Waals surface area contributed by atoms with Crippen molar-refractivity contribution in [1.29, 1.82) is 0 Å². The lowest BCUT2D eigenvalue weighted by Gasteiger charge is -2.26. The molecule has 0 aromatic heterocycles. The fourth-order valence-electron chi connectivity index (χ4n) is 2.24. The van der Waals surface area contributed by atoms with E-state index in [4.69, 9.17) is 5.11 Å². The molecule has 2 rings (SSSR count). The summed E-state index contributed by atoms with van der Waals surface area (Å²) in [6, 6.07) is -0.0984. The van der Waals surface area contributed by atoms with Gasteiger partial charge in [-0.25, -0.2) is 4.79 Å². The van der Waals surface area contributed by atoms with Crippen molar-refractivity contribution in [2.75, 3.05) is 18.8 Å². The lowest BCUT2D eigenvalue weighted by atomic mass is 10.1. The van der Waals surface area contributed by atoms with Crippen molar-refractivity contribution < 1.29 is 14.7 Å². The minimum Gasteiger partial charge on any atom is -0.480 e. The third-order valence-electron chi connectivity index (χ3n) is 3.47. The van der Waals surface area contributed by atoms with Crippen LogP contribution in [0.4, 0.5) is 4.79 Å². The number of amides is 2. The molecule has 2 fully saturated rings. The van der Waals surface area contributed by atoms with Gasteiger partial charge in [0.2, 0.25) is 0 Å². The normalized spacial score (nSPS) is 26.9. The second-order valence-corrected chi connectivity index (χ2v) is 7.00. The molecule has 0 radical (unpaired) electrons. The number of carboxylic acid groups (broad SMARTS) is 1. The van der Waals surface area contributed by atoms with Crippen LogP contribution >= 0.6 is 11.8 Å². The highest BCUT2D eigenvalue weighted by atomic mass is 32.2. The maximum Gasteiger partial charge on any atom is 0.323 e. The Hall–Kier alpha value is -0.910. The van der Waals surface area contributed by atoms with Gasteiger partial charge in [0.1, 0.15) is 6.54 Å². The molecule has 102 valence electrons. The van der Waals surface area contributed by atoms with Crippen LogP contribution in [0.25, 0.3) is 0 Å². The Bertz CT molecular complexity index is 338. The standard InChI is InChI=1S/C12H20N2O3S/c1-12(5-2-6-18-12)8-13-11(17)14(7-10(15)16)9-3-4-9/h9H,2-8H2,1H3,(H,13,17)(H,15,16). The molecule has 1 unspecified atom stereocenters. The summed E-state index contributed by atoms with van der Waals surface area (Å²) in [5.74, 6) is 0.201. The van der Waals surface area contributed by atoms with Crippen molar-refractivity contribution in [3.8, 4) is 0 Å². The summed E-state index contributed by atoms with van der Waals surface area (Å²) in [6.45, 7) is 2.59. The van der Waals surface area contributed by atoms with Crippen LogP contribution < -0.4 is 5.32 Å². The average Bonchev–Trinajstić information content (AvgIpc) is 3.06. The van der Waals surface area contributed by atoms with Crippen LogP contribution in [0.2, 0.25) is 0 Å². The number of thioether (sulfide) groups is 1. The van der Waals surface area contributed by atoms with Gasteiger partial charge in [-0.1, -0.05) is 0 Å². The summed E-state index contributed by atoms with van der Waals surface area (Å²) in [5.41, 5.74) is 0. The number of hydrogen-bond donors (Lipinski definition) is 2. The van der Waals surface area contributed by atoms with E-state index >= 15 is 0 Å². The first-order chi connectivity index (χ1) is 8.50. The number of nitrogens with one attached hydrogen (secondary N) is 1. The first-order valence-electron chi connectivity index (χ1n) is 6.40. The van der Waals surface area contributed by atoms with E-state index in [-0.39, 0.29) is 23.4 Å². The van der Waals surface area contributed by atoms with Gasteiger partial charge in [0.05, 0.1) is 0 Å². The molecule has 1 aliphatic heterocycles. The van der Waals surface area contributed by atoms with E-state index in [1.165, 1.54) is 11.3 Å². The SMILES string of the molecule is CC1(CNC(=O)N(CC(=O)O)C2CC2)CCCS1. The van der Waals surface area contributed by atoms with Crippen LogP contribution in [-0.2, 0) is 4.79 Å². The Morgan fingerprint density at radius 1 is 1.50 bits per heavy atom. The second kappa shape index (κ2) is 5.38. The number of carbonyl (C=O) groups is 2. The van der Waals surface area contributed by atoms with E-state index in [0.29, 0.717) is 6.54 Å². The van der Waals surface area contributed by atoms with E-state index in [1.807, 2.05) is 11.8 Å². The molecule has 1 saturated heterocycles. The number of rotatable bonds is 5. The van der Waals surface area contributed by atoms with Crippen LogP contribution in [0, 0.1) is 0 Å². The van der Waals surface area contributed by atoms with Crippen molar-refractivity contribution in [2.45, 2.75) is 43.4 Å². The van der Waals surface area contributed by atoms with Crippen molar-refractivity contribution in [3.05, 3.63) is 0 Å². The fraction of sp³-hybridized carbons (Fsp3) is 0.833. The summed E-state index contributed by atoms with van der Waals surface area (Å²) < 4.78 is 0.119. The van der Waals surface area contributed by atoms with Gasteiger partial charge >= 0.3 is 12.0 Å². The quantitative estimate of drug-likeness (QED) is 0.796. The van der Waals surface area contributed by atoms with E-state index in [9.17, 15) is 9.59 Å². The zero-order valence-corrected chi connectivity index (χ0v) is 11.5. The van der Waals surface area contributed by atoms with Gasteiger partial charge in [-0.15, -0.1) is 0 Å². The minimum atomic E-state index is -0.946. The fourth-order valence-corrected chi connectivity index (χ4v) is 3.48. The Morgan fingerprint density at radius 2 is 2.22 bits per heavy atom. The van der Waals surface area contributed by atoms with Crippen LogP contribution in [0.3, 0.4) is 0 Å². The zero-order chi connectivity index (χ0) is 13.2. The number of aliphatic carboxylic acids is 1. The maximum absolute atomic E-state index is 12.0. The minimum absolute atomic E-state index is 0.119. The van der Waals surface area contributed by atoms with Crippen LogP contribution in [0.15, 0.2) is 0 Å². The molecule has 2 aliphatic rings. The van der Waals surface area contributed by atoms with Gasteiger partial charge in [0.25, 0.3) is 0 Å². The molecule has 0 aromatic rings. The van der Waals surface area contributed by atoms with Gasteiger partial charge in [-0.2, -0.15) is 11.8 Å². The monoisotopic (exact) mass is 272 g/mol. The topological polar surface area (TPSA) is 69.6 Å². The molecule has 1 heterocycles. The van der Waals surface area contributed by atoms with Gasteiger partial charge in [-0.3, -0.25) is 4.79 Å². The maximum atomic E-state index is 12.0. The van der Waals surface area contributed by atoms with Crippen LogP contribution in [-0.4, -0.2) is 51.6 Å². The molecule has 1 atom stereocenters. The van der Waals surface area contributed by atoms with E-state index in [0.717, 1.165) is 25.0 Å². The van der Waals surface area contributed by atoms with Gasteiger partial charge in [-0.05, 0) is 38.4 Å². The van der Waals surface area contributed by atoms with Crippen LogP contribution in [0.5, 0.6) is 0 Å². The molecule has 2 N–H and O–H groups in total. The Morgan fingerprint density at radius 3 is 2.72 bits per heavy atom. The molecule has 1 saturated carbocycles. The molecular formula is C12H20N2O3S. The van der Waals surface area contributed by atoms with E-state index in [1.54, 1.807) is 0 Å². The molecule has 0 bridgehead atoms. The largest absolute Gasteiger partial charge is 0.480 e. The number of urea groups is 1. The highest BCUT2D eigenvalue weighted by Gasteiger charge is 2.35. The predicted octanol–water partition coefficient (Wildman–Crippen LogP) is 1.53. The summed E-state index contributed by atoms with van der Waals surface area (Å²) in [6.07, 6.45) is 4.15. The summed E-state index contributed by atoms with van der Waals surface area (Å²) >= 11 is 1.89. The predicted molar refractivity (Wildman–Crippen MR) is 70.9 cm³/mol. The average molecular weight is 272 g/mol. The van der Waals surface area contributed by atoms with Crippen LogP contribution in [0.1, 0.15) is 32.6 Å². The summed E-state index contributed by atoms with van der Waals surface area (Å²) in [5, 5.41) is 11.7. The first kappa shape index (κ1) is 13.5. The van der Waals surface area contributed by atoms with Crippen molar-refractivity contribution in [3.63, 3.8) is 0 Å². The molecule has 0 aromatic carbocycles. The highest BCUT2D eigenvalue weighted by Crippen LogP contribution is 2.37. The van der Waals surface area contributed by atoms with E-state index < -0.39 is 5.97 Å². The van der Waals surface area contributed by atoms with Crippen molar-refractivity contribution in [1.82, 2.24) is 10.2 Å². The Kier molecular flexibility index (Phi) is 4.04. The number of carbonyl (C=O) groups excluding carboxylic acids is 1. The van der Waals surface area contributed by atoms with E-state index in [2.05, 4.69) is 12.2 Å². The second-order valence-electron chi connectivity index (χ2n) is 5.31. The molecule has 0 spiro atoms. The number of nitrogens with zero attached hydrogens (tertiary/aromatic N) is 1. The molecule has 18 heavy (non-hydrogen) atoms. The van der Waals surface area contributed by atoms with Gasteiger partial charge < -0.3 is 15.3 Å². The lowest BCUT2D eigenvalue weighted by Crippen LogP contribution is -2.47. The molecule has 1 aliphatic carbocycles. The first-order valence-corrected chi connectivity index (χ1v) is 7.39. The highest BCUT2D eigenvalue weighted by molar-refractivity contribution is 8.00. The summed E-state index contributed by atoms with van der Waals surface area (Å²) in [7, 11) is 0. The number of carboxylic acids is 1. The van der Waals surface area contributed by atoms with Crippen molar-refractivity contribution >= 4 is 23.8 Å². The molecule has 2 amide bonds. The third-order valence-corrected chi connectivity index (χ3v) is 5.01. The Labute approximate surface area is 111 Å². The zero-order valence-electron chi connectivity index (χ0n) is 10.6. The molecule has 5 nitrogen and oxygen atoms in total. The Balaban J connectivity index is 1.83. The van der Waals surface area contributed by atoms with Crippen molar-refractivity contribution in [2.24, 2.45) is 0 Å². The molecular weight excluding hydrogens is 252 g/mol. The number of hydrogen-bond acceptors (Lipinski definition) is 3. The third kappa shape index (κ3) is 3.54. The molecule has 6 heteroatoms. The lowest BCUT2D eigenvalue weighted by molar-refractivity contribution is -0.137.